The van der Waals surface area contributed by atoms with E-state index < -0.39 is 12.0 Å². The highest BCUT2D eigenvalue weighted by Gasteiger charge is 2.29. The van der Waals surface area contributed by atoms with E-state index in [2.05, 4.69) is 44.9 Å². The predicted octanol–water partition coefficient (Wildman–Crippen LogP) is 7.94. The average Bonchev–Trinajstić information content (AvgIpc) is 3.72. The number of hydrogen-bond donors (Lipinski definition) is 3. The Morgan fingerprint density at radius 2 is 1.49 bits per heavy atom. The molecule has 3 N–H and O–H groups in total. The molecule has 0 spiro atoms. The Labute approximate surface area is 349 Å². The van der Waals surface area contributed by atoms with E-state index >= 15 is 0 Å². The molecule has 6 rings (SSSR count). The third-order valence-corrected chi connectivity index (χ3v) is 12.3. The molecule has 11 nitrogen and oxygen atoms in total. The summed E-state index contributed by atoms with van der Waals surface area (Å²) in [4.78, 5) is 54.8. The molecular weight excluding hydrogens is 804 g/mol. The minimum Gasteiger partial charge on any atom is -0.480 e. The van der Waals surface area contributed by atoms with Gasteiger partial charge in [-0.1, -0.05) is 46.3 Å². The van der Waals surface area contributed by atoms with Crippen molar-refractivity contribution in [2.75, 3.05) is 41.0 Å². The molecule has 57 heavy (non-hydrogen) atoms. The lowest BCUT2D eigenvalue weighted by Gasteiger charge is -2.29. The summed E-state index contributed by atoms with van der Waals surface area (Å²) in [5.74, 6) is -1.06. The van der Waals surface area contributed by atoms with Gasteiger partial charge in [0, 0.05) is 75.6 Å². The van der Waals surface area contributed by atoms with Crippen molar-refractivity contribution in [3.05, 3.63) is 116 Å². The van der Waals surface area contributed by atoms with E-state index in [-0.39, 0.29) is 25.0 Å². The van der Waals surface area contributed by atoms with Gasteiger partial charge in [-0.3, -0.25) is 19.7 Å². The van der Waals surface area contributed by atoms with E-state index in [1.165, 1.54) is 0 Å². The van der Waals surface area contributed by atoms with Crippen LogP contribution in [0.1, 0.15) is 52.9 Å². The number of nitrogens with zero attached hydrogens (tertiary/aromatic N) is 4. The second kappa shape index (κ2) is 19.0. The number of carboxylic acid groups (broad SMARTS) is 1. The van der Waals surface area contributed by atoms with Gasteiger partial charge in [-0.15, -0.1) is 0 Å². The van der Waals surface area contributed by atoms with Crippen molar-refractivity contribution in [3.8, 4) is 0 Å². The molecule has 5 aromatic rings. The molecule has 15 heteroatoms. The van der Waals surface area contributed by atoms with E-state index in [1.807, 2.05) is 48.5 Å². The summed E-state index contributed by atoms with van der Waals surface area (Å²) in [7, 11) is 0. The van der Waals surface area contributed by atoms with Crippen molar-refractivity contribution in [2.24, 2.45) is 0 Å². The maximum Gasteiger partial charge on any atom is 0.326 e. The second-order valence-electron chi connectivity index (χ2n) is 13.7. The molecule has 0 bridgehead atoms. The van der Waals surface area contributed by atoms with Crippen molar-refractivity contribution in [2.45, 2.75) is 50.8 Å². The van der Waals surface area contributed by atoms with Gasteiger partial charge in [-0.2, -0.15) is 4.57 Å². The number of carbonyl (C=O) groups excluding carboxylic acids is 3. The molecule has 296 valence electrons. The van der Waals surface area contributed by atoms with Gasteiger partial charge in [0.2, 0.25) is 18.1 Å². The average molecular weight is 847 g/mol. The van der Waals surface area contributed by atoms with Crippen LogP contribution in [0.4, 0.5) is 17.1 Å². The van der Waals surface area contributed by atoms with Crippen LogP contribution < -0.4 is 29.9 Å². The first-order valence-corrected chi connectivity index (χ1v) is 20.8. The first-order valence-electron chi connectivity index (χ1n) is 18.4. The van der Waals surface area contributed by atoms with E-state index in [1.54, 1.807) is 71.3 Å². The molecule has 1 aromatic heterocycles. The van der Waals surface area contributed by atoms with Gasteiger partial charge >= 0.3 is 5.97 Å². The summed E-state index contributed by atoms with van der Waals surface area (Å²) in [5, 5.41) is 19.5. The topological polar surface area (TPSA) is 126 Å². The summed E-state index contributed by atoms with van der Waals surface area (Å²) in [6, 6.07) is 25.1. The number of aliphatic carboxylic acids is 1. The number of carboxylic acids is 1. The Bertz CT molecular complexity index is 2280. The van der Waals surface area contributed by atoms with Crippen LogP contribution in [0, 0.1) is 0 Å². The monoisotopic (exact) mass is 845 g/mol. The Morgan fingerprint density at radius 3 is 2.12 bits per heavy atom. The SMILES string of the molecule is CC(C)N(CCC(=O)NC[n+]1c(C=C2Sc3ccc(Cl)cc3N2CNCCN(c2ccc(C=O)cc2)C(C)C(=O)O)sc2ccc(Cl)cc21)c1ccc(C=O)cc1. The molecule has 1 amide bonds. The number of carbonyl (C=O) groups is 4. The van der Waals surface area contributed by atoms with Crippen LogP contribution in [0.5, 0.6) is 0 Å². The summed E-state index contributed by atoms with van der Waals surface area (Å²) in [6.45, 7) is 7.76. The summed E-state index contributed by atoms with van der Waals surface area (Å²) >= 11 is 16.2. The quantitative estimate of drug-likeness (QED) is 0.0455. The van der Waals surface area contributed by atoms with E-state index in [0.29, 0.717) is 53.2 Å². The number of rotatable bonds is 18. The maximum absolute atomic E-state index is 13.4. The Kier molecular flexibility index (Phi) is 13.9. The van der Waals surface area contributed by atoms with Gasteiger partial charge < -0.3 is 25.1 Å². The largest absolute Gasteiger partial charge is 0.480 e. The summed E-state index contributed by atoms with van der Waals surface area (Å²) in [5.41, 5.74) is 4.59. The highest BCUT2D eigenvalue weighted by molar-refractivity contribution is 8.03. The zero-order valence-electron chi connectivity index (χ0n) is 31.7. The lowest BCUT2D eigenvalue weighted by atomic mass is 10.1. The molecule has 0 radical (unpaired) electrons. The number of amides is 1. The fourth-order valence-electron chi connectivity index (χ4n) is 6.52. The molecule has 4 aromatic carbocycles. The van der Waals surface area contributed by atoms with E-state index in [0.717, 1.165) is 49.1 Å². The molecule has 0 fully saturated rings. The number of benzene rings is 4. The van der Waals surface area contributed by atoms with Gasteiger partial charge in [0.1, 0.15) is 23.3 Å². The van der Waals surface area contributed by atoms with Crippen LogP contribution in [-0.2, 0) is 16.3 Å². The minimum absolute atomic E-state index is 0.105. The Balaban J connectivity index is 1.20. The molecule has 1 atom stereocenters. The smallest absolute Gasteiger partial charge is 0.326 e. The molecule has 0 aliphatic carbocycles. The Morgan fingerprint density at radius 1 is 0.860 bits per heavy atom. The van der Waals surface area contributed by atoms with Crippen LogP contribution >= 0.6 is 46.3 Å². The number of anilines is 3. The molecule has 1 aliphatic rings. The Hall–Kier alpha value is -4.92. The van der Waals surface area contributed by atoms with E-state index in [4.69, 9.17) is 23.2 Å². The predicted molar refractivity (Wildman–Crippen MR) is 231 cm³/mol. The molecule has 0 saturated heterocycles. The maximum atomic E-state index is 13.4. The number of hydrogen-bond acceptors (Lipinski definition) is 10. The van der Waals surface area contributed by atoms with Gasteiger partial charge in [0.05, 0.1) is 23.5 Å². The first kappa shape index (κ1) is 41.7. The summed E-state index contributed by atoms with van der Waals surface area (Å²) in [6.07, 6.45) is 3.94. The van der Waals surface area contributed by atoms with Crippen molar-refractivity contribution in [1.29, 1.82) is 0 Å². The van der Waals surface area contributed by atoms with Crippen molar-refractivity contribution < 1.29 is 28.9 Å². The first-order chi connectivity index (χ1) is 27.4. The third kappa shape index (κ3) is 10.2. The number of fused-ring (bicyclic) bond motifs is 2. The van der Waals surface area contributed by atoms with Crippen LogP contribution in [0.2, 0.25) is 10.0 Å². The normalized spacial score (nSPS) is 13.5. The molecular formula is C42H43Cl2N6O5S2+. The fraction of sp³-hybridized carbons (Fsp3) is 0.262. The third-order valence-electron chi connectivity index (χ3n) is 9.62. The molecule has 0 saturated carbocycles. The van der Waals surface area contributed by atoms with Gasteiger partial charge in [0.25, 0.3) is 5.01 Å². The number of nitrogens with one attached hydrogen (secondary N) is 2. The number of thiazole rings is 1. The highest BCUT2D eigenvalue weighted by atomic mass is 35.5. The lowest BCUT2D eigenvalue weighted by molar-refractivity contribution is -0.672. The zero-order valence-corrected chi connectivity index (χ0v) is 34.8. The van der Waals surface area contributed by atoms with Crippen LogP contribution in [0.15, 0.2) is 94.9 Å². The standard InChI is InChI=1S/C42H42Cl2N6O5S2/c1-27(2)47(33-10-4-29(23-51)5-11-33)18-16-39(53)46-26-50-36-21-32(44)9-15-38(36)57-41(50)22-40-49(35-20-31(43)8-14-37(35)56-40)25-45-17-19-48(28(3)42(54)55)34-12-6-30(24-52)7-13-34/h4-15,20-24,27-28,45H,16-19,25-26H2,1-3H3,(H-,46,53,54,55)/p+1. The molecule has 1 aliphatic heterocycles. The van der Waals surface area contributed by atoms with Gasteiger partial charge in [-0.25, -0.2) is 4.79 Å². The van der Waals surface area contributed by atoms with E-state index in [9.17, 15) is 24.3 Å². The van der Waals surface area contributed by atoms with Crippen LogP contribution in [0.25, 0.3) is 16.3 Å². The fourth-order valence-corrected chi connectivity index (χ4v) is 9.08. The van der Waals surface area contributed by atoms with Crippen LogP contribution in [-0.4, -0.2) is 67.9 Å². The molecule has 1 unspecified atom stereocenters. The molecule has 2 heterocycles. The van der Waals surface area contributed by atoms with Gasteiger partial charge in [0.15, 0.2) is 0 Å². The highest BCUT2D eigenvalue weighted by Crippen LogP contribution is 2.47. The summed E-state index contributed by atoms with van der Waals surface area (Å²) < 4.78 is 3.06. The minimum atomic E-state index is -0.951. The lowest BCUT2D eigenvalue weighted by Crippen LogP contribution is -2.45. The van der Waals surface area contributed by atoms with Crippen LogP contribution in [0.3, 0.4) is 0 Å². The number of aldehydes is 2. The van der Waals surface area contributed by atoms with Gasteiger partial charge in [-0.05, 0) is 99.6 Å². The number of halogens is 2. The number of thioether (sulfide) groups is 1. The number of aromatic nitrogens is 1. The second-order valence-corrected chi connectivity index (χ2v) is 16.7. The zero-order chi connectivity index (χ0) is 40.6. The van der Waals surface area contributed by atoms with Crippen molar-refractivity contribution in [1.82, 2.24) is 10.6 Å². The van der Waals surface area contributed by atoms with Crippen molar-refractivity contribution in [3.63, 3.8) is 0 Å². The van der Waals surface area contributed by atoms with Crippen molar-refractivity contribution >= 4 is 104 Å².